The average molecular weight is 678 g/mol. The summed E-state index contributed by atoms with van der Waals surface area (Å²) in [4.78, 5) is 2.43. The molecule has 0 aliphatic heterocycles. The predicted octanol–water partition coefficient (Wildman–Crippen LogP) is 14.6. The highest BCUT2D eigenvalue weighted by Crippen LogP contribution is 2.49. The second-order valence-corrected chi connectivity index (χ2v) is 13.6. The van der Waals surface area contributed by atoms with Gasteiger partial charge in [-0.2, -0.15) is 0 Å². The molecule has 3 nitrogen and oxygen atoms in total. The minimum atomic E-state index is 0.854. The van der Waals surface area contributed by atoms with Crippen LogP contribution in [0, 0.1) is 0 Å². The SMILES string of the molecule is c1ccc(-c2ccccc2N(c2ccccc2-c2ccc3oc4c5ccccc5ccc4c3c2)c2cccc3oc4c5ccccc5ccc4c23)cc1. The van der Waals surface area contributed by atoms with Gasteiger partial charge in [-0.25, -0.2) is 0 Å². The van der Waals surface area contributed by atoms with Crippen molar-refractivity contribution in [1.29, 1.82) is 0 Å². The molecule has 0 spiro atoms. The van der Waals surface area contributed by atoms with Crippen LogP contribution in [-0.4, -0.2) is 0 Å². The summed E-state index contributed by atoms with van der Waals surface area (Å²) >= 11 is 0. The van der Waals surface area contributed by atoms with Gasteiger partial charge in [0.15, 0.2) is 0 Å². The molecule has 0 saturated carbocycles. The van der Waals surface area contributed by atoms with Crippen molar-refractivity contribution in [3.8, 4) is 22.3 Å². The molecule has 0 N–H and O–H groups in total. The van der Waals surface area contributed by atoms with Crippen LogP contribution in [0.5, 0.6) is 0 Å². The number of rotatable bonds is 5. The fraction of sp³-hybridized carbons (Fsp3) is 0. The third-order valence-electron chi connectivity index (χ3n) is 10.7. The maximum absolute atomic E-state index is 6.73. The first-order valence-corrected chi connectivity index (χ1v) is 18.0. The lowest BCUT2D eigenvalue weighted by Gasteiger charge is -2.30. The van der Waals surface area contributed by atoms with E-state index in [4.69, 9.17) is 8.83 Å². The summed E-state index contributed by atoms with van der Waals surface area (Å²) in [7, 11) is 0. The topological polar surface area (TPSA) is 29.5 Å². The van der Waals surface area contributed by atoms with Crippen LogP contribution in [0.4, 0.5) is 17.1 Å². The van der Waals surface area contributed by atoms with E-state index in [1.54, 1.807) is 0 Å². The normalized spacial score (nSPS) is 11.8. The van der Waals surface area contributed by atoms with Gasteiger partial charge in [-0.1, -0.05) is 140 Å². The highest BCUT2D eigenvalue weighted by Gasteiger charge is 2.25. The number of benzene rings is 9. The van der Waals surface area contributed by atoms with E-state index in [0.29, 0.717) is 0 Å². The predicted molar refractivity (Wildman–Crippen MR) is 222 cm³/mol. The first-order valence-electron chi connectivity index (χ1n) is 18.0. The van der Waals surface area contributed by atoms with Gasteiger partial charge in [-0.3, -0.25) is 0 Å². The van der Waals surface area contributed by atoms with Gasteiger partial charge in [0, 0.05) is 38.1 Å². The Kier molecular flexibility index (Phi) is 6.55. The van der Waals surface area contributed by atoms with Crippen molar-refractivity contribution in [2.75, 3.05) is 4.90 Å². The minimum Gasteiger partial charge on any atom is -0.455 e. The molecule has 11 rings (SSSR count). The molecule has 0 bridgehead atoms. The maximum atomic E-state index is 6.73. The first-order chi connectivity index (χ1) is 26.3. The molecule has 0 unspecified atom stereocenters. The summed E-state index contributed by atoms with van der Waals surface area (Å²) in [6, 6.07) is 66.8. The van der Waals surface area contributed by atoms with Crippen molar-refractivity contribution in [1.82, 2.24) is 0 Å². The lowest BCUT2D eigenvalue weighted by atomic mass is 9.97. The maximum Gasteiger partial charge on any atom is 0.143 e. The Morgan fingerprint density at radius 1 is 0.321 bits per heavy atom. The average Bonchev–Trinajstić information content (AvgIpc) is 3.81. The fourth-order valence-electron chi connectivity index (χ4n) is 8.23. The second kappa shape index (κ2) is 11.7. The zero-order chi connectivity index (χ0) is 34.9. The van der Waals surface area contributed by atoms with E-state index in [0.717, 1.165) is 99.4 Å². The second-order valence-electron chi connectivity index (χ2n) is 13.6. The van der Waals surface area contributed by atoms with E-state index in [9.17, 15) is 0 Å². The Balaban J connectivity index is 1.20. The Morgan fingerprint density at radius 3 is 1.62 bits per heavy atom. The third kappa shape index (κ3) is 4.61. The standard InChI is InChI=1S/C50H31NO2/c1-2-13-32(14-3-1)36-17-8-10-21-43(36)51(45-23-12-24-47-48(45)41-29-26-34-16-5-7-20-39(34)50(41)53-47)44-22-11-9-18-37(44)35-27-30-46-42(31-35)40-28-25-33-15-4-6-19-38(33)49(40)52-46/h1-31H. The van der Waals surface area contributed by atoms with Crippen LogP contribution in [0.3, 0.4) is 0 Å². The fourth-order valence-corrected chi connectivity index (χ4v) is 8.23. The lowest BCUT2D eigenvalue weighted by molar-refractivity contribution is 0.672. The first kappa shape index (κ1) is 29.6. The molecule has 0 amide bonds. The summed E-state index contributed by atoms with van der Waals surface area (Å²) in [6.45, 7) is 0. The molecule has 0 aliphatic carbocycles. The molecule has 9 aromatic carbocycles. The quantitative estimate of drug-likeness (QED) is 0.182. The molecular formula is C50H31NO2. The number of nitrogens with zero attached hydrogens (tertiary/aromatic N) is 1. The van der Waals surface area contributed by atoms with Crippen LogP contribution in [0.25, 0.3) is 87.7 Å². The zero-order valence-electron chi connectivity index (χ0n) is 28.7. The van der Waals surface area contributed by atoms with E-state index in [1.165, 1.54) is 5.39 Å². The third-order valence-corrected chi connectivity index (χ3v) is 10.7. The molecule has 2 heterocycles. The summed E-state index contributed by atoms with van der Waals surface area (Å²) in [6.07, 6.45) is 0. The molecule has 3 heteroatoms. The number of furan rings is 2. The largest absolute Gasteiger partial charge is 0.455 e. The molecule has 0 radical (unpaired) electrons. The van der Waals surface area contributed by atoms with E-state index in [1.807, 2.05) is 0 Å². The van der Waals surface area contributed by atoms with Crippen LogP contribution in [0.1, 0.15) is 0 Å². The Bertz CT molecular complexity index is 3190. The number of para-hydroxylation sites is 2. The smallest absolute Gasteiger partial charge is 0.143 e. The lowest BCUT2D eigenvalue weighted by Crippen LogP contribution is -2.12. The Labute approximate surface area is 305 Å². The van der Waals surface area contributed by atoms with Crippen LogP contribution >= 0.6 is 0 Å². The van der Waals surface area contributed by atoms with Gasteiger partial charge in [-0.05, 0) is 70.4 Å². The number of fused-ring (bicyclic) bond motifs is 10. The van der Waals surface area contributed by atoms with Crippen LogP contribution in [-0.2, 0) is 0 Å². The molecule has 0 fully saturated rings. The van der Waals surface area contributed by atoms with Gasteiger partial charge >= 0.3 is 0 Å². The van der Waals surface area contributed by atoms with Gasteiger partial charge in [-0.15, -0.1) is 0 Å². The van der Waals surface area contributed by atoms with E-state index >= 15 is 0 Å². The Morgan fingerprint density at radius 2 is 0.887 bits per heavy atom. The van der Waals surface area contributed by atoms with Crippen molar-refractivity contribution in [3.05, 3.63) is 188 Å². The number of hydrogen-bond acceptors (Lipinski definition) is 3. The minimum absolute atomic E-state index is 0.854. The van der Waals surface area contributed by atoms with Crippen molar-refractivity contribution >= 4 is 82.5 Å². The van der Waals surface area contributed by atoms with Crippen LogP contribution in [0.15, 0.2) is 197 Å². The Hall–Kier alpha value is -7.10. The van der Waals surface area contributed by atoms with Crippen molar-refractivity contribution in [2.24, 2.45) is 0 Å². The molecule has 11 aromatic rings. The summed E-state index contributed by atoms with van der Waals surface area (Å²) in [5.41, 5.74) is 11.3. The molecule has 0 aliphatic rings. The number of anilines is 3. The van der Waals surface area contributed by atoms with Crippen molar-refractivity contribution in [3.63, 3.8) is 0 Å². The molecule has 0 atom stereocenters. The monoisotopic (exact) mass is 677 g/mol. The molecule has 248 valence electrons. The van der Waals surface area contributed by atoms with Crippen LogP contribution in [0.2, 0.25) is 0 Å². The van der Waals surface area contributed by atoms with Gasteiger partial charge < -0.3 is 13.7 Å². The van der Waals surface area contributed by atoms with Gasteiger partial charge in [0.1, 0.15) is 22.3 Å². The zero-order valence-corrected chi connectivity index (χ0v) is 28.7. The van der Waals surface area contributed by atoms with Gasteiger partial charge in [0.05, 0.1) is 22.4 Å². The molecular weight excluding hydrogens is 647 g/mol. The van der Waals surface area contributed by atoms with Crippen LogP contribution < -0.4 is 4.90 Å². The van der Waals surface area contributed by atoms with E-state index in [2.05, 4.69) is 193 Å². The highest BCUT2D eigenvalue weighted by atomic mass is 16.3. The summed E-state index contributed by atoms with van der Waals surface area (Å²) in [5, 5.41) is 8.95. The molecule has 0 saturated heterocycles. The van der Waals surface area contributed by atoms with Crippen molar-refractivity contribution in [2.45, 2.75) is 0 Å². The van der Waals surface area contributed by atoms with Gasteiger partial charge in [0.25, 0.3) is 0 Å². The van der Waals surface area contributed by atoms with Gasteiger partial charge in [0.2, 0.25) is 0 Å². The number of hydrogen-bond donors (Lipinski definition) is 0. The summed E-state index contributed by atoms with van der Waals surface area (Å²) < 4.78 is 13.3. The molecule has 53 heavy (non-hydrogen) atoms. The molecule has 2 aromatic heterocycles. The van der Waals surface area contributed by atoms with Crippen molar-refractivity contribution < 1.29 is 8.83 Å². The summed E-state index contributed by atoms with van der Waals surface area (Å²) in [5.74, 6) is 0. The highest BCUT2D eigenvalue weighted by molar-refractivity contribution is 6.20. The van der Waals surface area contributed by atoms with E-state index < -0.39 is 0 Å². The van der Waals surface area contributed by atoms with E-state index in [-0.39, 0.29) is 0 Å².